The van der Waals surface area contributed by atoms with E-state index >= 15 is 0 Å². The summed E-state index contributed by atoms with van der Waals surface area (Å²) in [7, 11) is 1.66. The summed E-state index contributed by atoms with van der Waals surface area (Å²) in [4.78, 5) is 0. The van der Waals surface area contributed by atoms with E-state index in [1.807, 2.05) is 36.4 Å². The Balaban J connectivity index is 2.27. The number of ether oxygens (including phenoxy) is 1. The molecule has 106 valence electrons. The second kappa shape index (κ2) is 7.07. The van der Waals surface area contributed by atoms with Crippen molar-refractivity contribution in [1.82, 2.24) is 0 Å². The lowest BCUT2D eigenvalue weighted by Crippen LogP contribution is -2.14. The van der Waals surface area contributed by atoms with Crippen LogP contribution in [-0.4, -0.2) is 7.11 Å². The zero-order valence-corrected chi connectivity index (χ0v) is 15.6. The molecule has 2 N–H and O–H groups in total. The third-order valence-corrected chi connectivity index (χ3v) is 5.04. The molecule has 0 amide bonds. The molecule has 5 heteroatoms. The molecule has 0 heterocycles. The zero-order valence-electron chi connectivity index (χ0n) is 10.9. The summed E-state index contributed by atoms with van der Waals surface area (Å²) >= 11 is 10.6. The molecule has 0 saturated carbocycles. The first-order chi connectivity index (χ1) is 9.51. The maximum absolute atomic E-state index is 6.34. The SMILES string of the molecule is COc1ccc(Br)c(CC(N)c2cc(Br)ccc2Br)c1. The maximum Gasteiger partial charge on any atom is 0.119 e. The lowest BCUT2D eigenvalue weighted by molar-refractivity contribution is 0.414. The highest BCUT2D eigenvalue weighted by Gasteiger charge is 2.13. The van der Waals surface area contributed by atoms with Crippen LogP contribution in [0, 0.1) is 0 Å². The van der Waals surface area contributed by atoms with Gasteiger partial charge in [-0.3, -0.25) is 0 Å². The Bertz CT molecular complexity index is 616. The third-order valence-electron chi connectivity index (χ3n) is 3.05. The van der Waals surface area contributed by atoms with Crippen LogP contribution in [0.5, 0.6) is 5.75 Å². The van der Waals surface area contributed by atoms with Gasteiger partial charge >= 0.3 is 0 Å². The fourth-order valence-electron chi connectivity index (χ4n) is 1.98. The number of methoxy groups -OCH3 is 1. The molecule has 0 bridgehead atoms. The van der Waals surface area contributed by atoms with Gasteiger partial charge in [0.1, 0.15) is 5.75 Å². The van der Waals surface area contributed by atoms with E-state index in [4.69, 9.17) is 10.5 Å². The molecule has 2 nitrogen and oxygen atoms in total. The van der Waals surface area contributed by atoms with Crippen molar-refractivity contribution in [3.05, 3.63) is 60.9 Å². The van der Waals surface area contributed by atoms with Crippen molar-refractivity contribution in [3.63, 3.8) is 0 Å². The fraction of sp³-hybridized carbons (Fsp3) is 0.200. The lowest BCUT2D eigenvalue weighted by Gasteiger charge is -2.16. The number of hydrogen-bond acceptors (Lipinski definition) is 2. The average Bonchev–Trinajstić information content (AvgIpc) is 2.43. The summed E-state index contributed by atoms with van der Waals surface area (Å²) in [6.45, 7) is 0. The molecule has 0 aliphatic heterocycles. The van der Waals surface area contributed by atoms with E-state index in [1.165, 1.54) is 0 Å². The predicted molar refractivity (Wildman–Crippen MR) is 93.2 cm³/mol. The van der Waals surface area contributed by atoms with Gasteiger partial charge in [0, 0.05) is 19.5 Å². The number of nitrogens with two attached hydrogens (primary N) is 1. The van der Waals surface area contributed by atoms with Crippen molar-refractivity contribution >= 4 is 47.8 Å². The van der Waals surface area contributed by atoms with Crippen molar-refractivity contribution < 1.29 is 4.74 Å². The molecule has 20 heavy (non-hydrogen) atoms. The quantitative estimate of drug-likeness (QED) is 0.674. The van der Waals surface area contributed by atoms with E-state index in [0.29, 0.717) is 0 Å². The molecule has 1 atom stereocenters. The van der Waals surface area contributed by atoms with Crippen LogP contribution in [0.4, 0.5) is 0 Å². The Hall–Kier alpha value is -0.360. The molecule has 0 fully saturated rings. The number of rotatable bonds is 4. The van der Waals surface area contributed by atoms with Crippen LogP contribution in [-0.2, 0) is 6.42 Å². The fourth-order valence-corrected chi connectivity index (χ4v) is 3.31. The normalized spacial score (nSPS) is 12.2. The molecule has 2 rings (SSSR count). The number of benzene rings is 2. The maximum atomic E-state index is 6.34. The van der Waals surface area contributed by atoms with E-state index in [2.05, 4.69) is 47.8 Å². The summed E-state index contributed by atoms with van der Waals surface area (Å²) in [5, 5.41) is 0. The number of halogens is 3. The Kier molecular flexibility index (Phi) is 5.66. The largest absolute Gasteiger partial charge is 0.497 e. The van der Waals surface area contributed by atoms with Crippen LogP contribution in [0.25, 0.3) is 0 Å². The molecule has 0 aromatic heterocycles. The van der Waals surface area contributed by atoms with Crippen LogP contribution in [0.3, 0.4) is 0 Å². The second-order valence-corrected chi connectivity index (χ2v) is 7.06. The molecular formula is C15H14Br3NO. The van der Waals surface area contributed by atoms with E-state index in [0.717, 1.165) is 36.7 Å². The molecule has 0 aliphatic rings. The van der Waals surface area contributed by atoms with Crippen LogP contribution >= 0.6 is 47.8 Å². The Morgan fingerprint density at radius 2 is 1.75 bits per heavy atom. The summed E-state index contributed by atoms with van der Waals surface area (Å²) in [5.74, 6) is 0.837. The van der Waals surface area contributed by atoms with Gasteiger partial charge in [0.05, 0.1) is 7.11 Å². The van der Waals surface area contributed by atoms with Crippen molar-refractivity contribution in [1.29, 1.82) is 0 Å². The molecule has 0 aliphatic carbocycles. The Morgan fingerprint density at radius 1 is 1.05 bits per heavy atom. The minimum absolute atomic E-state index is 0.0923. The molecule has 2 aromatic rings. The first-order valence-corrected chi connectivity index (χ1v) is 8.42. The van der Waals surface area contributed by atoms with Crippen molar-refractivity contribution in [2.75, 3.05) is 7.11 Å². The highest BCUT2D eigenvalue weighted by Crippen LogP contribution is 2.30. The molecular weight excluding hydrogens is 450 g/mol. The monoisotopic (exact) mass is 461 g/mol. The van der Waals surface area contributed by atoms with Crippen LogP contribution in [0.1, 0.15) is 17.2 Å². The smallest absolute Gasteiger partial charge is 0.119 e. The van der Waals surface area contributed by atoms with Crippen molar-refractivity contribution in [3.8, 4) is 5.75 Å². The highest BCUT2D eigenvalue weighted by atomic mass is 79.9. The lowest BCUT2D eigenvalue weighted by atomic mass is 9.99. The first-order valence-electron chi connectivity index (χ1n) is 6.04. The van der Waals surface area contributed by atoms with Crippen molar-refractivity contribution in [2.24, 2.45) is 5.73 Å². The van der Waals surface area contributed by atoms with E-state index in [9.17, 15) is 0 Å². The molecule has 0 saturated heterocycles. The summed E-state index contributed by atoms with van der Waals surface area (Å²) in [5.41, 5.74) is 8.55. The minimum Gasteiger partial charge on any atom is -0.497 e. The van der Waals surface area contributed by atoms with Crippen LogP contribution < -0.4 is 10.5 Å². The topological polar surface area (TPSA) is 35.2 Å². The second-order valence-electron chi connectivity index (χ2n) is 4.43. The highest BCUT2D eigenvalue weighted by molar-refractivity contribution is 9.11. The molecule has 1 unspecified atom stereocenters. The van der Waals surface area contributed by atoms with Crippen molar-refractivity contribution in [2.45, 2.75) is 12.5 Å². The predicted octanol–water partition coefficient (Wildman–Crippen LogP) is 5.23. The van der Waals surface area contributed by atoms with Crippen LogP contribution in [0.2, 0.25) is 0 Å². The van der Waals surface area contributed by atoms with E-state index in [-0.39, 0.29) is 6.04 Å². The van der Waals surface area contributed by atoms with Gasteiger partial charge in [0.25, 0.3) is 0 Å². The standard InChI is InChI=1S/C15H14Br3NO/c1-20-11-3-5-13(17)9(6-11)7-15(19)12-8-10(16)2-4-14(12)18/h2-6,8,15H,7,19H2,1H3. The molecule has 0 spiro atoms. The van der Waals surface area contributed by atoms with Gasteiger partial charge in [-0.05, 0) is 53.9 Å². The molecule has 0 radical (unpaired) electrons. The first kappa shape index (κ1) is 16.0. The van der Waals surface area contributed by atoms with Crippen LogP contribution in [0.15, 0.2) is 49.8 Å². The summed E-state index contributed by atoms with van der Waals surface area (Å²) < 4.78 is 8.35. The number of hydrogen-bond donors (Lipinski definition) is 1. The Labute approximate surface area is 144 Å². The summed E-state index contributed by atoms with van der Waals surface area (Å²) in [6.07, 6.45) is 0.729. The third kappa shape index (κ3) is 3.85. The minimum atomic E-state index is -0.0923. The zero-order chi connectivity index (χ0) is 14.7. The van der Waals surface area contributed by atoms with Gasteiger partial charge in [-0.15, -0.1) is 0 Å². The van der Waals surface area contributed by atoms with Gasteiger partial charge in [0.15, 0.2) is 0 Å². The average molecular weight is 464 g/mol. The van der Waals surface area contributed by atoms with E-state index in [1.54, 1.807) is 7.11 Å². The van der Waals surface area contributed by atoms with E-state index < -0.39 is 0 Å². The van der Waals surface area contributed by atoms with Gasteiger partial charge in [-0.1, -0.05) is 47.8 Å². The van der Waals surface area contributed by atoms with Gasteiger partial charge in [-0.2, -0.15) is 0 Å². The van der Waals surface area contributed by atoms with Gasteiger partial charge in [-0.25, -0.2) is 0 Å². The molecule has 2 aromatic carbocycles. The Morgan fingerprint density at radius 3 is 2.45 bits per heavy atom. The van der Waals surface area contributed by atoms with Gasteiger partial charge in [0.2, 0.25) is 0 Å². The summed E-state index contributed by atoms with van der Waals surface area (Å²) in [6, 6.07) is 11.9. The van der Waals surface area contributed by atoms with Gasteiger partial charge < -0.3 is 10.5 Å².